The summed E-state index contributed by atoms with van der Waals surface area (Å²) in [6.45, 7) is 0. The number of alkyl halides is 3. The van der Waals surface area contributed by atoms with Crippen LogP contribution in [0.4, 0.5) is 24.5 Å². The van der Waals surface area contributed by atoms with E-state index in [1.165, 1.54) is 18.2 Å². The number of nitrogens with zero attached hydrogens (tertiary/aromatic N) is 2. The zero-order valence-corrected chi connectivity index (χ0v) is 13.9. The molecular formula is C14H7BrClF3N2O3. The quantitative estimate of drug-likeness (QED) is 0.403. The average Bonchev–Trinajstić information content (AvgIpc) is 2.47. The third-order valence-corrected chi connectivity index (χ3v) is 3.80. The molecule has 0 aliphatic carbocycles. The van der Waals surface area contributed by atoms with Crippen LogP contribution in [0.1, 0.15) is 11.1 Å². The van der Waals surface area contributed by atoms with Gasteiger partial charge in [-0.2, -0.15) is 13.2 Å². The van der Waals surface area contributed by atoms with Crippen molar-refractivity contribution in [1.82, 2.24) is 0 Å². The van der Waals surface area contributed by atoms with Gasteiger partial charge in [-0.25, -0.2) is 0 Å². The molecule has 10 heteroatoms. The van der Waals surface area contributed by atoms with Gasteiger partial charge >= 0.3 is 11.9 Å². The predicted octanol–water partition coefficient (Wildman–Crippen LogP) is 5.49. The molecule has 0 radical (unpaired) electrons. The molecule has 1 N–H and O–H groups in total. The summed E-state index contributed by atoms with van der Waals surface area (Å²) in [4.78, 5) is 13.8. The van der Waals surface area contributed by atoms with Crippen molar-refractivity contribution in [2.75, 3.05) is 0 Å². The molecular weight excluding hydrogens is 417 g/mol. The van der Waals surface area contributed by atoms with E-state index < -0.39 is 28.1 Å². The van der Waals surface area contributed by atoms with Gasteiger partial charge in [-0.05, 0) is 24.3 Å². The number of rotatable bonds is 3. The lowest BCUT2D eigenvalue weighted by molar-refractivity contribution is -0.385. The van der Waals surface area contributed by atoms with Crippen molar-refractivity contribution in [3.63, 3.8) is 0 Å². The Morgan fingerprint density at radius 3 is 2.54 bits per heavy atom. The highest BCUT2D eigenvalue weighted by molar-refractivity contribution is 9.10. The molecule has 2 aromatic rings. The van der Waals surface area contributed by atoms with Gasteiger partial charge in [0.2, 0.25) is 5.75 Å². The zero-order valence-electron chi connectivity index (χ0n) is 11.5. The molecule has 0 bridgehead atoms. The van der Waals surface area contributed by atoms with Crippen molar-refractivity contribution < 1.29 is 23.2 Å². The van der Waals surface area contributed by atoms with Crippen molar-refractivity contribution in [3.05, 3.63) is 61.1 Å². The van der Waals surface area contributed by atoms with Crippen molar-refractivity contribution in [3.8, 4) is 5.75 Å². The SMILES string of the molecule is O=[N+]([O-])c1cc(Cl)cc(C=Nc2ccc(Br)c(C(F)(F)F)c2)c1O. The molecule has 0 spiro atoms. The lowest BCUT2D eigenvalue weighted by Crippen LogP contribution is -2.05. The van der Waals surface area contributed by atoms with E-state index in [9.17, 15) is 28.4 Å². The molecule has 2 rings (SSSR count). The highest BCUT2D eigenvalue weighted by Crippen LogP contribution is 2.37. The topological polar surface area (TPSA) is 75.7 Å². The zero-order chi connectivity index (χ0) is 18.1. The number of halogens is 5. The number of aliphatic imine (C=N–C) groups is 1. The van der Waals surface area contributed by atoms with Crippen LogP contribution in [0.3, 0.4) is 0 Å². The van der Waals surface area contributed by atoms with Crippen LogP contribution < -0.4 is 0 Å². The third-order valence-electron chi connectivity index (χ3n) is 2.89. The molecule has 0 aliphatic heterocycles. The van der Waals surface area contributed by atoms with Crippen LogP contribution in [0, 0.1) is 10.1 Å². The lowest BCUT2D eigenvalue weighted by atomic mass is 10.1. The smallest absolute Gasteiger partial charge is 0.417 e. The molecule has 5 nitrogen and oxygen atoms in total. The minimum absolute atomic E-state index is 0.0206. The van der Waals surface area contributed by atoms with Gasteiger partial charge in [0.1, 0.15) is 0 Å². The van der Waals surface area contributed by atoms with Crippen LogP contribution in [0.2, 0.25) is 5.02 Å². The number of hydrogen-bond donors (Lipinski definition) is 1. The number of benzene rings is 2. The summed E-state index contributed by atoms with van der Waals surface area (Å²) in [6, 6.07) is 5.45. The number of aromatic hydroxyl groups is 1. The monoisotopic (exact) mass is 422 g/mol. The molecule has 0 unspecified atom stereocenters. The van der Waals surface area contributed by atoms with E-state index >= 15 is 0 Å². The molecule has 0 aromatic heterocycles. The number of hydrogen-bond acceptors (Lipinski definition) is 4. The number of nitro benzene ring substituents is 1. The van der Waals surface area contributed by atoms with Gasteiger partial charge in [-0.15, -0.1) is 0 Å². The summed E-state index contributed by atoms with van der Waals surface area (Å²) in [5.74, 6) is -0.679. The van der Waals surface area contributed by atoms with Gasteiger partial charge in [0.05, 0.1) is 16.2 Å². The first-order valence-electron chi connectivity index (χ1n) is 6.17. The molecule has 0 saturated carbocycles. The Labute approximate surface area is 146 Å². The van der Waals surface area contributed by atoms with Gasteiger partial charge in [0.15, 0.2) is 0 Å². The van der Waals surface area contributed by atoms with Crippen molar-refractivity contribution >= 4 is 45.1 Å². The van der Waals surface area contributed by atoms with Crippen LogP contribution in [0.5, 0.6) is 5.75 Å². The molecule has 0 fully saturated rings. The van der Waals surface area contributed by atoms with Gasteiger partial charge in [-0.1, -0.05) is 27.5 Å². The molecule has 24 heavy (non-hydrogen) atoms. The van der Waals surface area contributed by atoms with Gasteiger partial charge < -0.3 is 5.11 Å². The van der Waals surface area contributed by atoms with Gasteiger partial charge in [0.25, 0.3) is 0 Å². The number of phenolic OH excluding ortho intramolecular Hbond substituents is 1. The molecule has 0 aliphatic rings. The van der Waals surface area contributed by atoms with E-state index in [0.29, 0.717) is 0 Å². The van der Waals surface area contributed by atoms with E-state index in [1.807, 2.05) is 0 Å². The summed E-state index contributed by atoms with van der Waals surface area (Å²) in [5.41, 5.74) is -1.69. The van der Waals surface area contributed by atoms with E-state index in [4.69, 9.17) is 11.6 Å². The predicted molar refractivity (Wildman–Crippen MR) is 86.2 cm³/mol. The average molecular weight is 424 g/mol. The van der Waals surface area contributed by atoms with E-state index in [0.717, 1.165) is 18.3 Å². The first kappa shape index (κ1) is 18.2. The second kappa shape index (κ2) is 6.78. The lowest BCUT2D eigenvalue weighted by Gasteiger charge is -2.09. The minimum Gasteiger partial charge on any atom is -0.502 e. The Morgan fingerprint density at radius 1 is 1.29 bits per heavy atom. The summed E-state index contributed by atoms with van der Waals surface area (Å²) < 4.78 is 38.4. The first-order chi connectivity index (χ1) is 11.1. The van der Waals surface area contributed by atoms with Crippen LogP contribution in [0.15, 0.2) is 39.8 Å². The largest absolute Gasteiger partial charge is 0.502 e. The second-order valence-corrected chi connectivity index (χ2v) is 5.83. The minimum atomic E-state index is -4.57. The molecule has 126 valence electrons. The van der Waals surface area contributed by atoms with Crippen LogP contribution in [0.25, 0.3) is 0 Å². The van der Waals surface area contributed by atoms with Crippen LogP contribution in [-0.2, 0) is 6.18 Å². The highest BCUT2D eigenvalue weighted by Gasteiger charge is 2.33. The highest BCUT2D eigenvalue weighted by atomic mass is 79.9. The number of phenols is 1. The van der Waals surface area contributed by atoms with E-state index in [-0.39, 0.29) is 20.7 Å². The summed E-state index contributed by atoms with van der Waals surface area (Å²) in [6.07, 6.45) is -3.57. The maximum absolute atomic E-state index is 12.8. The Morgan fingerprint density at radius 2 is 1.96 bits per heavy atom. The summed E-state index contributed by atoms with van der Waals surface area (Å²) in [5, 5.41) is 20.6. The fourth-order valence-electron chi connectivity index (χ4n) is 1.80. The standard InChI is InChI=1S/C14H7BrClF3N2O3/c15-11-2-1-9(5-10(11)14(17,18)19)20-6-7-3-8(16)4-12(13(7)22)21(23)24/h1-6,22H. The second-order valence-electron chi connectivity index (χ2n) is 4.54. The van der Waals surface area contributed by atoms with Crippen molar-refractivity contribution in [2.24, 2.45) is 4.99 Å². The summed E-state index contributed by atoms with van der Waals surface area (Å²) in [7, 11) is 0. The number of nitro groups is 1. The Kier molecular flexibility index (Phi) is 5.14. The molecule has 0 amide bonds. The Bertz CT molecular complexity index is 841. The molecule has 2 aromatic carbocycles. The van der Waals surface area contributed by atoms with Crippen LogP contribution in [-0.4, -0.2) is 16.2 Å². The van der Waals surface area contributed by atoms with Crippen molar-refractivity contribution in [1.29, 1.82) is 0 Å². The molecule has 0 heterocycles. The molecule has 0 atom stereocenters. The van der Waals surface area contributed by atoms with Crippen molar-refractivity contribution in [2.45, 2.75) is 6.18 Å². The fourth-order valence-corrected chi connectivity index (χ4v) is 2.49. The normalized spacial score (nSPS) is 11.9. The maximum atomic E-state index is 12.8. The first-order valence-corrected chi connectivity index (χ1v) is 7.34. The maximum Gasteiger partial charge on any atom is 0.417 e. The summed E-state index contributed by atoms with van der Waals surface area (Å²) >= 11 is 8.53. The van der Waals surface area contributed by atoms with Crippen LogP contribution >= 0.6 is 27.5 Å². The van der Waals surface area contributed by atoms with Gasteiger partial charge in [-0.3, -0.25) is 15.1 Å². The molecule has 0 saturated heterocycles. The van der Waals surface area contributed by atoms with E-state index in [1.54, 1.807) is 0 Å². The third kappa shape index (κ3) is 4.04. The fraction of sp³-hybridized carbons (Fsp3) is 0.0714. The van der Waals surface area contributed by atoms with Gasteiger partial charge in [0, 0.05) is 27.3 Å². The Hall–Kier alpha value is -2.13. The Balaban J connectivity index is 2.44. The van der Waals surface area contributed by atoms with E-state index in [2.05, 4.69) is 20.9 Å².